The number of anilines is 2. The maximum atomic E-state index is 5.87. The molecule has 1 saturated carbocycles. The quantitative estimate of drug-likeness (QED) is 0.106. The molecule has 1 saturated heterocycles. The summed E-state index contributed by atoms with van der Waals surface area (Å²) >= 11 is 11.4. The maximum absolute atomic E-state index is 5.87. The third kappa shape index (κ3) is 37.7. The summed E-state index contributed by atoms with van der Waals surface area (Å²) in [6.45, 7) is 27.9. The molecule has 15 aromatic carbocycles. The lowest BCUT2D eigenvalue weighted by atomic mass is 9.79. The molecular formula is C137H145ClN6OS3. The first-order valence-corrected chi connectivity index (χ1v) is 54.3. The number of aryl methyl sites for hydroxylation is 11. The van der Waals surface area contributed by atoms with Gasteiger partial charge in [-0.05, 0) is 330 Å². The summed E-state index contributed by atoms with van der Waals surface area (Å²) < 4.78 is 6.96. The monoisotopic (exact) mass is 2020 g/mol. The average Bonchev–Trinajstić information content (AvgIpc) is 1.37. The van der Waals surface area contributed by atoms with Crippen molar-refractivity contribution in [3.05, 3.63) is 537 Å². The fourth-order valence-electron chi connectivity index (χ4n) is 16.8. The molecule has 1 aliphatic carbocycles. The predicted molar refractivity (Wildman–Crippen MR) is 645 cm³/mol. The molecule has 0 spiro atoms. The van der Waals surface area contributed by atoms with Crippen molar-refractivity contribution in [3.8, 4) is 98.4 Å². The third-order valence-electron chi connectivity index (χ3n) is 25.8. The smallest absolute Gasteiger partial charge is 0.118 e. The molecule has 22 rings (SSSR count). The number of methoxy groups -OCH3 is 1. The molecule has 3 N–H and O–H groups in total. The minimum atomic E-state index is 0.598. The largest absolute Gasteiger partial charge is 0.497 e. The molecule has 148 heavy (non-hydrogen) atoms. The van der Waals surface area contributed by atoms with Crippen LogP contribution in [0.25, 0.3) is 92.6 Å². The van der Waals surface area contributed by atoms with Crippen molar-refractivity contribution in [1.29, 1.82) is 0 Å². The van der Waals surface area contributed by atoms with Crippen molar-refractivity contribution in [3.63, 3.8) is 0 Å². The van der Waals surface area contributed by atoms with E-state index in [4.69, 9.17) is 22.1 Å². The summed E-state index contributed by atoms with van der Waals surface area (Å²) in [6, 6.07) is 155. The van der Waals surface area contributed by atoms with E-state index >= 15 is 0 Å². The zero-order valence-corrected chi connectivity index (χ0v) is 92.2. The Balaban J connectivity index is 0.000000145. The van der Waals surface area contributed by atoms with Gasteiger partial charge in [-0.15, -0.1) is 34.0 Å². The van der Waals surface area contributed by atoms with E-state index in [2.05, 4.69) is 469 Å². The average molecular weight is 2020 g/mol. The summed E-state index contributed by atoms with van der Waals surface area (Å²) in [5.74, 6) is 2.61. The number of hydrogen-bond acceptors (Lipinski definition) is 9. The number of nitrogens with zero attached hydrogens (tertiary/aromatic N) is 4. The van der Waals surface area contributed by atoms with E-state index in [1.165, 1.54) is 196 Å². The molecule has 5 aromatic heterocycles. The minimum Gasteiger partial charge on any atom is -0.497 e. The van der Waals surface area contributed by atoms with Crippen LogP contribution in [0.1, 0.15) is 142 Å². The number of thiophene rings is 3. The highest BCUT2D eigenvalue weighted by Gasteiger charge is 2.22. The Kier molecular flexibility index (Phi) is 45.4. The SMILES string of the molecule is CC1CCC(c2ccc(Cl)cc2)CC1.CC1CCC(c2ccccc2)N1.CCc1ccc(-c2ccc(C)s2)cc1.COc1ccc(-c2ccc(C)s2)cc1.Cc1ccc(-c2ccc(N(C)C)cc2)cc1.Cc1ccc(-c2ccc(N)cc2)cc1.Cc1ccc(-c2ccccc2)cn1.Cc1ccc(-c2ccccc2)s1.Cc1ccc(-c2ccccc2C)cc1.Cc1ccc(-n2cccn2)cc1.Cc1cccc(-c2ccccc2)c1. The van der Waals surface area contributed by atoms with Crippen LogP contribution >= 0.6 is 45.6 Å². The Labute approximate surface area is 900 Å². The molecule has 0 amide bonds. The van der Waals surface area contributed by atoms with Crippen molar-refractivity contribution >= 4 is 57.0 Å². The fraction of sp³-hybridized carbons (Fsp3) is 0.197. The number of rotatable bonds is 14. The fourth-order valence-corrected chi connectivity index (χ4v) is 19.6. The lowest BCUT2D eigenvalue weighted by Gasteiger charge is -2.26. The van der Waals surface area contributed by atoms with Crippen LogP contribution in [-0.2, 0) is 6.42 Å². The van der Waals surface area contributed by atoms with Gasteiger partial charge in [0.15, 0.2) is 0 Å². The first kappa shape index (κ1) is 112. The van der Waals surface area contributed by atoms with Crippen LogP contribution in [0, 0.1) is 75.2 Å². The second-order valence-corrected chi connectivity index (χ2v) is 42.3. The van der Waals surface area contributed by atoms with Gasteiger partial charge in [-0.3, -0.25) is 4.98 Å². The van der Waals surface area contributed by atoms with E-state index in [-0.39, 0.29) is 0 Å². The van der Waals surface area contributed by atoms with Crippen molar-refractivity contribution in [2.24, 2.45) is 5.92 Å². The molecule has 1 aliphatic heterocycles. The van der Waals surface area contributed by atoms with Gasteiger partial charge in [0.05, 0.1) is 12.8 Å². The predicted octanol–water partition coefficient (Wildman–Crippen LogP) is 38.7. The molecule has 0 radical (unpaired) electrons. The molecule has 2 aliphatic rings. The van der Waals surface area contributed by atoms with Crippen LogP contribution in [0.5, 0.6) is 5.75 Å². The molecule has 2 unspecified atom stereocenters. The number of benzene rings is 15. The van der Waals surface area contributed by atoms with Gasteiger partial charge in [0.25, 0.3) is 0 Å². The van der Waals surface area contributed by atoms with Crippen molar-refractivity contribution in [2.45, 2.75) is 153 Å². The Morgan fingerprint density at radius 3 is 1.20 bits per heavy atom. The summed E-state index contributed by atoms with van der Waals surface area (Å²) in [4.78, 5) is 14.5. The standard InChI is InChI=1S/C15H17N.C14H14.C13H17Cl.C13H13N.C13H14S.C13H12.C12H11N.C12H12OS.C11H15N.C11H10S.C10H10N2/c1-12-4-6-13(7-5-12)14-8-10-15(11-9-14)16(2)3;1-11-7-9-13(10-8-11)14-6-4-3-5-12(14)2;2*1-10-2-4-11(5-3-10)12-6-8-13(14)9-7-12;1-3-11-5-7-12(8-6-11)13-9-4-10(2)14-13;1-11-6-5-9-13(10-11)12-7-3-2-4-8-12;1-10-7-8-12(9-13-10)11-5-3-2-4-6-11;1-9-3-8-12(14-9)10-4-6-11(13-2)7-5-10;2*1-9-7-8-11(12-9)10-5-3-2-4-6-10;1-9-3-5-10(6-4-9)12-8-2-7-11-12/h4-11H,1-3H3;3-10H,1-2H3;6-11H,2-5H2,1H3;2-9H,14H2,1H3;4-9H,3H2,1-2H3;2-10H,1H3;2-9H,1H3;3-8H,1-2H3;2-6,9,11-12H,7-8H2,1H3;2*2-8H,1H3. The summed E-state index contributed by atoms with van der Waals surface area (Å²) in [6.07, 6.45) is 14.8. The van der Waals surface area contributed by atoms with Crippen LogP contribution in [0.4, 0.5) is 11.4 Å². The van der Waals surface area contributed by atoms with Gasteiger partial charge in [0.2, 0.25) is 0 Å². The van der Waals surface area contributed by atoms with E-state index in [9.17, 15) is 0 Å². The number of halogens is 1. The molecule has 20 aromatic rings. The topological polar surface area (TPSA) is 81.2 Å². The second kappa shape index (κ2) is 59.9. The van der Waals surface area contributed by atoms with Gasteiger partial charge in [-0.2, -0.15) is 5.10 Å². The Bertz CT molecular complexity index is 6980. The van der Waals surface area contributed by atoms with Crippen molar-refractivity contribution in [1.82, 2.24) is 20.1 Å². The number of ether oxygens (including phenoxy) is 1. The van der Waals surface area contributed by atoms with Gasteiger partial charge in [-0.1, -0.05) is 388 Å². The van der Waals surface area contributed by atoms with Gasteiger partial charge in [-0.25, -0.2) is 4.68 Å². The first-order valence-electron chi connectivity index (χ1n) is 51.5. The molecule has 754 valence electrons. The highest BCUT2D eigenvalue weighted by Crippen LogP contribution is 2.38. The Hall–Kier alpha value is -14.6. The van der Waals surface area contributed by atoms with Crippen LogP contribution < -0.4 is 20.7 Å². The highest BCUT2D eigenvalue weighted by atomic mass is 35.5. The second-order valence-electron chi connectivity index (χ2n) is 38.0. The molecule has 2 atom stereocenters. The molecule has 7 nitrogen and oxygen atoms in total. The molecular weight excluding hydrogens is 1880 g/mol. The normalized spacial score (nSPS) is 13.3. The van der Waals surface area contributed by atoms with E-state index < -0.39 is 0 Å². The number of nitrogen functional groups attached to an aromatic ring is 1. The lowest BCUT2D eigenvalue weighted by Crippen LogP contribution is -2.20. The Morgan fingerprint density at radius 2 is 0.777 bits per heavy atom. The van der Waals surface area contributed by atoms with Crippen LogP contribution in [0.2, 0.25) is 5.02 Å². The van der Waals surface area contributed by atoms with Gasteiger partial charge in [0, 0.05) is 102 Å². The minimum absolute atomic E-state index is 0.598. The Morgan fingerprint density at radius 1 is 0.365 bits per heavy atom. The molecule has 11 heteroatoms. The number of hydrogen-bond donors (Lipinski definition) is 2. The van der Waals surface area contributed by atoms with Crippen LogP contribution in [0.3, 0.4) is 0 Å². The number of pyridine rings is 1. The summed E-state index contributed by atoms with van der Waals surface area (Å²) in [5, 5.41) is 8.55. The van der Waals surface area contributed by atoms with Crippen molar-refractivity contribution < 1.29 is 4.74 Å². The van der Waals surface area contributed by atoms with E-state index in [0.717, 1.165) is 46.1 Å². The van der Waals surface area contributed by atoms with E-state index in [0.29, 0.717) is 12.1 Å². The number of nitrogens with one attached hydrogen (secondary N) is 1. The van der Waals surface area contributed by atoms with E-state index in [1.807, 2.05) is 149 Å². The van der Waals surface area contributed by atoms with E-state index in [1.54, 1.807) is 13.3 Å². The zero-order chi connectivity index (χ0) is 105. The molecule has 6 heterocycles. The highest BCUT2D eigenvalue weighted by molar-refractivity contribution is 7.16. The molecule has 0 bridgehead atoms. The third-order valence-corrected chi connectivity index (χ3v) is 29.2. The zero-order valence-electron chi connectivity index (χ0n) is 89.0. The van der Waals surface area contributed by atoms with Crippen LogP contribution in [-0.4, -0.2) is 42.0 Å². The number of nitrogens with two attached hydrogens (primary N) is 1. The van der Waals surface area contributed by atoms with Gasteiger partial charge < -0.3 is 20.7 Å². The van der Waals surface area contributed by atoms with Crippen molar-refractivity contribution in [2.75, 3.05) is 31.8 Å². The molecule has 2 fully saturated rings. The summed E-state index contributed by atoms with van der Waals surface area (Å²) in [5.41, 5.74) is 38.4. The lowest BCUT2D eigenvalue weighted by molar-refractivity contribution is 0.348. The van der Waals surface area contributed by atoms with Crippen LogP contribution in [0.15, 0.2) is 461 Å². The first-order chi connectivity index (χ1) is 71.8. The van der Waals surface area contributed by atoms with Gasteiger partial charge in [0.1, 0.15) is 5.75 Å². The van der Waals surface area contributed by atoms with Gasteiger partial charge >= 0.3 is 0 Å². The summed E-state index contributed by atoms with van der Waals surface area (Å²) in [7, 11) is 5.80. The number of aromatic nitrogens is 3. The maximum Gasteiger partial charge on any atom is 0.118 e.